The summed E-state index contributed by atoms with van der Waals surface area (Å²) in [5, 5.41) is 2.64. The van der Waals surface area contributed by atoms with E-state index in [1.54, 1.807) is 17.4 Å². The summed E-state index contributed by atoms with van der Waals surface area (Å²) in [6.45, 7) is 0.506. The smallest absolute Gasteiger partial charge is 0.219 e. The van der Waals surface area contributed by atoms with Gasteiger partial charge in [-0.25, -0.2) is 10.8 Å². The minimum atomic E-state index is 0.506. The first kappa shape index (κ1) is 12.2. The zero-order valence-corrected chi connectivity index (χ0v) is 10.8. The maximum Gasteiger partial charge on any atom is 0.219 e. The van der Waals surface area contributed by atoms with Crippen molar-refractivity contribution in [1.29, 1.82) is 0 Å². The third-order valence-electron chi connectivity index (χ3n) is 1.95. The number of nitrogen functional groups attached to an aromatic ring is 1. The topological polar surface area (TPSA) is 73.1 Å². The number of nitrogens with zero attached hydrogens (tertiary/aromatic N) is 2. The molecule has 0 saturated carbocycles. The van der Waals surface area contributed by atoms with Gasteiger partial charge in [0, 0.05) is 10.9 Å². The number of rotatable bonds is 5. The third-order valence-corrected chi connectivity index (χ3v) is 3.35. The molecule has 0 aromatic carbocycles. The predicted octanol–water partition coefficient (Wildman–Crippen LogP) is 2.12. The number of anilines is 1. The zero-order chi connectivity index (χ0) is 12.1. The van der Waals surface area contributed by atoms with Gasteiger partial charge in [0.25, 0.3) is 0 Å². The molecular formula is C10H12N4OS2. The maximum absolute atomic E-state index is 5.59. The van der Waals surface area contributed by atoms with Gasteiger partial charge in [-0.15, -0.1) is 11.3 Å². The Morgan fingerprint density at radius 2 is 2.41 bits per heavy atom. The van der Waals surface area contributed by atoms with E-state index in [-0.39, 0.29) is 0 Å². The van der Waals surface area contributed by atoms with Crippen LogP contribution in [0.2, 0.25) is 0 Å². The lowest BCUT2D eigenvalue weighted by molar-refractivity contribution is 0.294. The zero-order valence-electron chi connectivity index (χ0n) is 9.21. The highest BCUT2D eigenvalue weighted by Gasteiger charge is 2.04. The van der Waals surface area contributed by atoms with Gasteiger partial charge in [0.2, 0.25) is 5.88 Å². The van der Waals surface area contributed by atoms with Crippen molar-refractivity contribution < 1.29 is 4.74 Å². The van der Waals surface area contributed by atoms with Crippen LogP contribution >= 0.6 is 23.1 Å². The number of thiophene rings is 1. The Balaban J connectivity index is 2.09. The molecule has 0 unspecified atom stereocenters. The highest BCUT2D eigenvalue weighted by atomic mass is 32.2. The highest BCUT2D eigenvalue weighted by Crippen LogP contribution is 2.20. The second kappa shape index (κ2) is 5.85. The van der Waals surface area contributed by atoms with E-state index in [2.05, 4.69) is 15.4 Å². The van der Waals surface area contributed by atoms with Crippen molar-refractivity contribution in [3.8, 4) is 5.88 Å². The average molecular weight is 268 g/mol. The Hall–Kier alpha value is -1.31. The fourth-order valence-corrected chi connectivity index (χ4v) is 2.17. The van der Waals surface area contributed by atoms with E-state index < -0.39 is 0 Å². The molecule has 90 valence electrons. The molecule has 0 amide bonds. The van der Waals surface area contributed by atoms with E-state index in [4.69, 9.17) is 10.6 Å². The lowest BCUT2D eigenvalue weighted by Crippen LogP contribution is -2.10. The van der Waals surface area contributed by atoms with Crippen LogP contribution in [0, 0.1) is 0 Å². The molecule has 0 aliphatic heterocycles. The molecule has 17 heavy (non-hydrogen) atoms. The van der Waals surface area contributed by atoms with Crippen LogP contribution in [0.15, 0.2) is 28.7 Å². The summed E-state index contributed by atoms with van der Waals surface area (Å²) in [5.74, 6) is 6.40. The van der Waals surface area contributed by atoms with Crippen molar-refractivity contribution in [2.75, 3.05) is 11.7 Å². The normalized spacial score (nSPS) is 10.2. The fourth-order valence-electron chi connectivity index (χ4n) is 1.18. The standard InChI is InChI=1S/C10H12N4OS2/c1-16-10-12-8(14-11)5-9(13-10)15-6-7-3-2-4-17-7/h2-5H,6,11H2,1H3,(H,12,13,14). The quantitative estimate of drug-likeness (QED) is 0.374. The molecule has 0 saturated heterocycles. The van der Waals surface area contributed by atoms with E-state index in [9.17, 15) is 0 Å². The van der Waals surface area contributed by atoms with Crippen molar-refractivity contribution in [2.24, 2.45) is 5.84 Å². The summed E-state index contributed by atoms with van der Waals surface area (Å²) < 4.78 is 5.59. The van der Waals surface area contributed by atoms with Crippen LogP contribution in [0.1, 0.15) is 4.88 Å². The van der Waals surface area contributed by atoms with E-state index in [0.717, 1.165) is 4.88 Å². The van der Waals surface area contributed by atoms with Crippen LogP contribution in [-0.4, -0.2) is 16.2 Å². The second-order valence-corrected chi connectivity index (χ2v) is 4.90. The summed E-state index contributed by atoms with van der Waals surface area (Å²) in [7, 11) is 0. The van der Waals surface area contributed by atoms with Gasteiger partial charge in [-0.05, 0) is 17.7 Å². The van der Waals surface area contributed by atoms with Gasteiger partial charge in [-0.2, -0.15) is 4.98 Å². The molecule has 2 aromatic heterocycles. The van der Waals surface area contributed by atoms with Crippen LogP contribution in [0.25, 0.3) is 0 Å². The van der Waals surface area contributed by atoms with Gasteiger partial charge in [-0.3, -0.25) is 0 Å². The molecular weight excluding hydrogens is 256 g/mol. The number of hydrazine groups is 1. The van der Waals surface area contributed by atoms with Crippen molar-refractivity contribution in [3.63, 3.8) is 0 Å². The van der Waals surface area contributed by atoms with Gasteiger partial charge in [0.15, 0.2) is 5.16 Å². The van der Waals surface area contributed by atoms with Gasteiger partial charge >= 0.3 is 0 Å². The molecule has 0 aliphatic carbocycles. The monoisotopic (exact) mass is 268 g/mol. The van der Waals surface area contributed by atoms with Crippen LogP contribution in [0.3, 0.4) is 0 Å². The van der Waals surface area contributed by atoms with Crippen molar-refractivity contribution in [2.45, 2.75) is 11.8 Å². The lowest BCUT2D eigenvalue weighted by Gasteiger charge is -2.07. The molecule has 3 N–H and O–H groups in total. The molecule has 0 radical (unpaired) electrons. The number of thioether (sulfide) groups is 1. The molecule has 0 atom stereocenters. The summed E-state index contributed by atoms with van der Waals surface area (Å²) >= 11 is 3.09. The van der Waals surface area contributed by atoms with E-state index in [0.29, 0.717) is 23.5 Å². The SMILES string of the molecule is CSc1nc(NN)cc(OCc2cccs2)n1. The fraction of sp³-hybridized carbons (Fsp3) is 0.200. The largest absolute Gasteiger partial charge is 0.472 e. The minimum absolute atomic E-state index is 0.506. The Labute approximate surface area is 107 Å². The summed E-state index contributed by atoms with van der Waals surface area (Å²) in [6, 6.07) is 5.68. The Morgan fingerprint density at radius 1 is 1.53 bits per heavy atom. The Kier molecular flexibility index (Phi) is 4.18. The number of nitrogens with one attached hydrogen (secondary N) is 1. The summed E-state index contributed by atoms with van der Waals surface area (Å²) in [5.41, 5.74) is 2.49. The molecule has 5 nitrogen and oxygen atoms in total. The van der Waals surface area contributed by atoms with Crippen molar-refractivity contribution in [3.05, 3.63) is 28.5 Å². The van der Waals surface area contributed by atoms with E-state index in [1.807, 2.05) is 23.8 Å². The maximum atomic E-state index is 5.59. The molecule has 0 aliphatic rings. The first-order valence-corrected chi connectivity index (χ1v) is 6.97. The molecule has 0 bridgehead atoms. The number of nitrogens with two attached hydrogens (primary N) is 1. The van der Waals surface area contributed by atoms with Crippen LogP contribution < -0.4 is 16.0 Å². The number of hydrogen-bond acceptors (Lipinski definition) is 7. The second-order valence-electron chi connectivity index (χ2n) is 3.09. The van der Waals surface area contributed by atoms with Crippen LogP contribution in [0.5, 0.6) is 5.88 Å². The van der Waals surface area contributed by atoms with E-state index >= 15 is 0 Å². The minimum Gasteiger partial charge on any atom is -0.472 e. The highest BCUT2D eigenvalue weighted by molar-refractivity contribution is 7.98. The van der Waals surface area contributed by atoms with Crippen molar-refractivity contribution in [1.82, 2.24) is 9.97 Å². The number of aromatic nitrogens is 2. The van der Waals surface area contributed by atoms with Gasteiger partial charge in [-0.1, -0.05) is 17.8 Å². The number of ether oxygens (including phenoxy) is 1. The molecule has 2 aromatic rings. The summed E-state index contributed by atoms with van der Waals surface area (Å²) in [4.78, 5) is 9.54. The van der Waals surface area contributed by atoms with Crippen molar-refractivity contribution >= 4 is 28.9 Å². The first-order chi connectivity index (χ1) is 8.31. The van der Waals surface area contributed by atoms with Crippen LogP contribution in [0.4, 0.5) is 5.82 Å². The molecule has 0 spiro atoms. The van der Waals surface area contributed by atoms with Crippen LogP contribution in [-0.2, 0) is 6.61 Å². The average Bonchev–Trinajstić information content (AvgIpc) is 2.89. The van der Waals surface area contributed by atoms with Gasteiger partial charge in [0.1, 0.15) is 12.4 Å². The van der Waals surface area contributed by atoms with E-state index in [1.165, 1.54) is 11.8 Å². The Morgan fingerprint density at radius 3 is 3.06 bits per heavy atom. The predicted molar refractivity (Wildman–Crippen MR) is 70.3 cm³/mol. The van der Waals surface area contributed by atoms with Gasteiger partial charge in [0.05, 0.1) is 0 Å². The Bertz CT molecular complexity index is 453. The molecule has 2 heterocycles. The molecule has 2 rings (SSSR count). The summed E-state index contributed by atoms with van der Waals surface area (Å²) in [6.07, 6.45) is 1.90. The van der Waals surface area contributed by atoms with Gasteiger partial charge < -0.3 is 10.2 Å². The molecule has 0 fully saturated rings. The first-order valence-electron chi connectivity index (χ1n) is 4.86. The lowest BCUT2D eigenvalue weighted by atomic mass is 10.5. The molecule has 7 heteroatoms. The number of hydrogen-bond donors (Lipinski definition) is 2. The third kappa shape index (κ3) is 3.32.